The SMILES string of the molecule is c1ccc2c(c1)c1ccccc1c1cccc3c4ccccc4n(c4c(-c5cc(-n6c7ccccc7c7ccccc76)nc(-n6c7ccccc7c7ccccc76)c5)cccc24)c13. The predicted octanol–water partition coefficient (Wildman–Crippen LogP) is 15.5. The van der Waals surface area contributed by atoms with E-state index in [1.165, 1.54) is 75.7 Å². The molecular weight excluding hydrogens is 765 g/mol. The normalized spacial score (nSPS) is 12.1. The molecule has 9 aromatic carbocycles. The Morgan fingerprint density at radius 2 is 0.556 bits per heavy atom. The molecule has 0 amide bonds. The van der Waals surface area contributed by atoms with Gasteiger partial charge in [0.15, 0.2) is 0 Å². The van der Waals surface area contributed by atoms with Crippen molar-refractivity contribution in [2.24, 2.45) is 0 Å². The van der Waals surface area contributed by atoms with Gasteiger partial charge in [0.05, 0.1) is 38.6 Å². The highest BCUT2D eigenvalue weighted by molar-refractivity contribution is 6.26. The molecule has 0 aliphatic rings. The smallest absolute Gasteiger partial charge is 0.140 e. The first-order valence-corrected chi connectivity index (χ1v) is 21.6. The Labute approximate surface area is 361 Å². The van der Waals surface area contributed by atoms with E-state index in [4.69, 9.17) is 4.98 Å². The fourth-order valence-electron chi connectivity index (χ4n) is 10.8. The van der Waals surface area contributed by atoms with Crippen molar-refractivity contribution in [2.75, 3.05) is 0 Å². The van der Waals surface area contributed by atoms with Gasteiger partial charge < -0.3 is 4.40 Å². The fourth-order valence-corrected chi connectivity index (χ4v) is 10.8. The second kappa shape index (κ2) is 13.0. The topological polar surface area (TPSA) is 27.2 Å². The summed E-state index contributed by atoms with van der Waals surface area (Å²) in [6.07, 6.45) is 0. The monoisotopic (exact) mass is 800 g/mol. The van der Waals surface area contributed by atoms with Crippen LogP contribution >= 0.6 is 0 Å². The lowest BCUT2D eigenvalue weighted by Gasteiger charge is -2.16. The fraction of sp³-hybridized carbons (Fsp3) is 0. The Morgan fingerprint density at radius 1 is 0.254 bits per heavy atom. The van der Waals surface area contributed by atoms with E-state index >= 15 is 0 Å². The van der Waals surface area contributed by atoms with Gasteiger partial charge in [0.1, 0.15) is 11.6 Å². The van der Waals surface area contributed by atoms with E-state index in [9.17, 15) is 0 Å². The van der Waals surface area contributed by atoms with Gasteiger partial charge in [-0.15, -0.1) is 0 Å². The molecule has 0 atom stereocenters. The molecule has 0 unspecified atom stereocenters. The Kier molecular flexibility index (Phi) is 7.08. The van der Waals surface area contributed by atoms with Gasteiger partial charge in [0, 0.05) is 48.7 Å². The summed E-state index contributed by atoms with van der Waals surface area (Å²) in [5.41, 5.74) is 10.2. The zero-order valence-electron chi connectivity index (χ0n) is 34.1. The van der Waals surface area contributed by atoms with Crippen molar-refractivity contribution in [3.63, 3.8) is 0 Å². The van der Waals surface area contributed by atoms with Crippen molar-refractivity contribution in [1.29, 1.82) is 0 Å². The van der Waals surface area contributed by atoms with Gasteiger partial charge in [-0.1, -0.05) is 176 Å². The third kappa shape index (κ3) is 4.78. The van der Waals surface area contributed by atoms with Crippen molar-refractivity contribution in [2.45, 2.75) is 0 Å². The summed E-state index contributed by atoms with van der Waals surface area (Å²) in [7, 11) is 0. The van der Waals surface area contributed by atoms with Crippen molar-refractivity contribution in [3.05, 3.63) is 218 Å². The van der Waals surface area contributed by atoms with Gasteiger partial charge in [-0.3, -0.25) is 9.13 Å². The summed E-state index contributed by atoms with van der Waals surface area (Å²) >= 11 is 0. The molecule has 0 radical (unpaired) electrons. The summed E-state index contributed by atoms with van der Waals surface area (Å²) < 4.78 is 7.27. The van der Waals surface area contributed by atoms with Crippen LogP contribution in [0.3, 0.4) is 0 Å². The van der Waals surface area contributed by atoms with Crippen LogP contribution in [0.4, 0.5) is 0 Å². The van der Waals surface area contributed by atoms with E-state index < -0.39 is 0 Å². The molecule has 4 heteroatoms. The molecule has 0 fully saturated rings. The summed E-state index contributed by atoms with van der Waals surface area (Å²) in [4.78, 5) is 5.70. The van der Waals surface area contributed by atoms with E-state index in [0.717, 1.165) is 50.3 Å². The maximum Gasteiger partial charge on any atom is 0.140 e. The molecule has 0 aliphatic carbocycles. The van der Waals surface area contributed by atoms with Crippen molar-refractivity contribution in [3.8, 4) is 22.8 Å². The molecule has 0 aliphatic heterocycles. The van der Waals surface area contributed by atoms with Gasteiger partial charge >= 0.3 is 0 Å². The van der Waals surface area contributed by atoms with Crippen molar-refractivity contribution >= 4 is 103 Å². The van der Waals surface area contributed by atoms with E-state index in [1.807, 2.05) is 0 Å². The first-order chi connectivity index (χ1) is 31.3. The number of hydrogen-bond acceptors (Lipinski definition) is 1. The van der Waals surface area contributed by atoms with Crippen LogP contribution in [-0.2, 0) is 0 Å². The molecule has 5 aromatic heterocycles. The van der Waals surface area contributed by atoms with E-state index in [0.29, 0.717) is 0 Å². The van der Waals surface area contributed by atoms with Crippen LogP contribution in [0.5, 0.6) is 0 Å². The third-order valence-corrected chi connectivity index (χ3v) is 13.4. The second-order valence-corrected chi connectivity index (χ2v) is 16.7. The molecule has 0 saturated carbocycles. The maximum absolute atomic E-state index is 5.70. The Balaban J connectivity index is 1.23. The summed E-state index contributed by atoms with van der Waals surface area (Å²) in [6.45, 7) is 0. The molecule has 4 nitrogen and oxygen atoms in total. The average molecular weight is 801 g/mol. The first kappa shape index (κ1) is 34.3. The van der Waals surface area contributed by atoms with Gasteiger partial charge in [0.2, 0.25) is 0 Å². The molecule has 0 N–H and O–H groups in total. The minimum Gasteiger partial charge on any atom is -0.307 e. The largest absolute Gasteiger partial charge is 0.307 e. The van der Waals surface area contributed by atoms with Crippen LogP contribution < -0.4 is 0 Å². The number of benzene rings is 9. The molecule has 14 rings (SSSR count). The lowest BCUT2D eigenvalue weighted by Crippen LogP contribution is -2.04. The van der Waals surface area contributed by atoms with Crippen LogP contribution in [0.25, 0.3) is 126 Å². The number of para-hydroxylation sites is 7. The maximum atomic E-state index is 5.70. The highest BCUT2D eigenvalue weighted by atomic mass is 15.1. The van der Waals surface area contributed by atoms with Gasteiger partial charge in [-0.2, -0.15) is 0 Å². The molecule has 292 valence electrons. The van der Waals surface area contributed by atoms with Crippen molar-refractivity contribution < 1.29 is 0 Å². The minimum atomic E-state index is 0.859. The Morgan fingerprint density at radius 3 is 1.00 bits per heavy atom. The third-order valence-electron chi connectivity index (χ3n) is 13.4. The van der Waals surface area contributed by atoms with Crippen LogP contribution in [0.15, 0.2) is 218 Å². The quantitative estimate of drug-likeness (QED) is 0.175. The zero-order chi connectivity index (χ0) is 41.2. The molecule has 0 spiro atoms. The molecule has 63 heavy (non-hydrogen) atoms. The molecule has 14 aromatic rings. The number of pyridine rings is 1. The highest BCUT2D eigenvalue weighted by Gasteiger charge is 2.21. The highest BCUT2D eigenvalue weighted by Crippen LogP contribution is 2.43. The van der Waals surface area contributed by atoms with E-state index in [2.05, 4.69) is 232 Å². The van der Waals surface area contributed by atoms with Gasteiger partial charge in [-0.25, -0.2) is 4.98 Å². The molecule has 5 heterocycles. The molecular formula is C59H36N4. The van der Waals surface area contributed by atoms with E-state index in [-0.39, 0.29) is 0 Å². The molecule has 0 saturated heterocycles. The predicted molar refractivity (Wildman–Crippen MR) is 266 cm³/mol. The number of aromatic nitrogens is 4. The number of fused-ring (bicyclic) bond motifs is 16. The average Bonchev–Trinajstić information content (AvgIpc) is 4.00. The van der Waals surface area contributed by atoms with Crippen LogP contribution in [0.2, 0.25) is 0 Å². The zero-order valence-corrected chi connectivity index (χ0v) is 34.1. The first-order valence-electron chi connectivity index (χ1n) is 21.6. The van der Waals surface area contributed by atoms with Crippen LogP contribution in [-0.4, -0.2) is 18.5 Å². The Bertz CT molecular complexity index is 4040. The summed E-state index contributed by atoms with van der Waals surface area (Å²) in [5.74, 6) is 1.72. The minimum absolute atomic E-state index is 0.859. The van der Waals surface area contributed by atoms with Crippen LogP contribution in [0.1, 0.15) is 0 Å². The van der Waals surface area contributed by atoms with E-state index in [1.54, 1.807) is 0 Å². The summed E-state index contributed by atoms with van der Waals surface area (Å²) in [6, 6.07) is 79.9. The lowest BCUT2D eigenvalue weighted by atomic mass is 9.98. The number of nitrogens with zero attached hydrogens (tertiary/aromatic N) is 4. The summed E-state index contributed by atoms with van der Waals surface area (Å²) in [5, 5.41) is 14.5. The standard InChI is InChI=1S/C59H36N4/c1-3-19-41-39(17-1)40-18-2-4-20-42(40)49-28-16-29-50-47-25-9-14-34-55(47)63(59(49)50)58-38(26-15-27-48(41)58)37-35-56(61-51-30-10-5-21-43(51)44-22-6-11-31-52(44)61)60-57(36-37)62-53-32-12-7-23-45(53)46-24-8-13-33-54(46)62/h1-36H. The van der Waals surface area contributed by atoms with Gasteiger partial charge in [0.25, 0.3) is 0 Å². The number of hydrogen-bond donors (Lipinski definition) is 0. The van der Waals surface area contributed by atoms with Gasteiger partial charge in [-0.05, 0) is 69.6 Å². The Hall–Kier alpha value is -8.47. The second-order valence-electron chi connectivity index (χ2n) is 16.7. The lowest BCUT2D eigenvalue weighted by molar-refractivity contribution is 1.01. The van der Waals surface area contributed by atoms with Crippen molar-refractivity contribution in [1.82, 2.24) is 18.5 Å². The van der Waals surface area contributed by atoms with Crippen LogP contribution in [0, 0.1) is 0 Å². The number of rotatable bonds is 3. The molecule has 0 bridgehead atoms.